The molecule has 0 spiro atoms. The maximum absolute atomic E-state index is 12.5. The van der Waals surface area contributed by atoms with Crippen LogP contribution in [0.3, 0.4) is 0 Å². The summed E-state index contributed by atoms with van der Waals surface area (Å²) in [6.07, 6.45) is 11.4. The third-order valence-corrected chi connectivity index (χ3v) is 4.77. The van der Waals surface area contributed by atoms with E-state index in [9.17, 15) is 9.90 Å². The van der Waals surface area contributed by atoms with Crippen molar-refractivity contribution in [3.05, 3.63) is 113 Å². The summed E-state index contributed by atoms with van der Waals surface area (Å²) in [5, 5.41) is 16.2. The quantitative estimate of drug-likeness (QED) is 0.537. The van der Waals surface area contributed by atoms with Crippen LogP contribution in [0.5, 0.6) is 11.5 Å². The first kappa shape index (κ1) is 19.6. The van der Waals surface area contributed by atoms with Crippen molar-refractivity contribution in [2.75, 3.05) is 5.32 Å². The van der Waals surface area contributed by atoms with Crippen molar-refractivity contribution in [1.82, 2.24) is 5.32 Å². The van der Waals surface area contributed by atoms with E-state index >= 15 is 0 Å². The van der Waals surface area contributed by atoms with E-state index < -0.39 is 0 Å². The molecule has 6 heteroatoms. The number of anilines is 1. The van der Waals surface area contributed by atoms with Crippen molar-refractivity contribution in [3.8, 4) is 11.5 Å². The van der Waals surface area contributed by atoms with Gasteiger partial charge in [0.1, 0.15) is 17.3 Å². The summed E-state index contributed by atoms with van der Waals surface area (Å²) < 4.78 is 5.75. The lowest BCUT2D eigenvalue weighted by Crippen LogP contribution is -2.28. The van der Waals surface area contributed by atoms with Gasteiger partial charge in [0, 0.05) is 16.4 Å². The zero-order valence-electron chi connectivity index (χ0n) is 15.9. The monoisotopic (exact) mass is 418 g/mol. The fourth-order valence-electron chi connectivity index (χ4n) is 3.06. The molecule has 2 aromatic rings. The van der Waals surface area contributed by atoms with E-state index in [0.717, 1.165) is 11.1 Å². The van der Waals surface area contributed by atoms with Crippen LogP contribution < -0.4 is 15.4 Å². The molecule has 2 aliphatic carbocycles. The number of hydrogen-bond acceptors (Lipinski definition) is 3. The predicted octanol–water partition coefficient (Wildman–Crippen LogP) is 6.41. The van der Waals surface area contributed by atoms with E-state index in [2.05, 4.69) is 10.6 Å². The van der Waals surface area contributed by atoms with Crippen molar-refractivity contribution in [2.45, 2.75) is 6.42 Å². The summed E-state index contributed by atoms with van der Waals surface area (Å²) in [4.78, 5) is 12.5. The SMILES string of the molecule is O=C(NC1=CC=CC2=CC=C(O)C=C1C2)Nc1ccc(Oc2ccc(Cl)cc2)cc1. The van der Waals surface area contributed by atoms with Gasteiger partial charge in [0.05, 0.1) is 0 Å². The van der Waals surface area contributed by atoms with Gasteiger partial charge in [-0.3, -0.25) is 0 Å². The number of halogens is 1. The number of hydrogen-bond donors (Lipinski definition) is 3. The number of amides is 2. The number of ether oxygens (including phenoxy) is 1. The number of urea groups is 1. The molecule has 2 aromatic carbocycles. The number of aliphatic hydroxyl groups excluding tert-OH is 1. The second-order valence-corrected chi connectivity index (χ2v) is 7.21. The molecule has 150 valence electrons. The van der Waals surface area contributed by atoms with Gasteiger partial charge in [0.15, 0.2) is 0 Å². The number of carbonyl (C=O) groups excluding carboxylic acids is 1. The van der Waals surface area contributed by atoms with Gasteiger partial charge in [-0.05, 0) is 84.3 Å². The Balaban J connectivity index is 1.39. The van der Waals surface area contributed by atoms with E-state index in [1.54, 1.807) is 60.7 Å². The first-order valence-electron chi connectivity index (χ1n) is 9.36. The molecule has 4 rings (SSSR count). The van der Waals surface area contributed by atoms with Crippen molar-refractivity contribution < 1.29 is 14.6 Å². The average molecular weight is 419 g/mol. The van der Waals surface area contributed by atoms with Gasteiger partial charge in [-0.1, -0.05) is 29.8 Å². The van der Waals surface area contributed by atoms with Crippen molar-refractivity contribution in [1.29, 1.82) is 0 Å². The fraction of sp³-hybridized carbons (Fsp3) is 0.0417. The highest BCUT2D eigenvalue weighted by Crippen LogP contribution is 2.27. The molecule has 3 N–H and O–H groups in total. The minimum absolute atomic E-state index is 0.152. The Labute approximate surface area is 179 Å². The Kier molecular flexibility index (Phi) is 5.72. The van der Waals surface area contributed by atoms with E-state index in [4.69, 9.17) is 16.3 Å². The van der Waals surface area contributed by atoms with E-state index in [0.29, 0.717) is 34.3 Å². The number of allylic oxidation sites excluding steroid dienone is 8. The summed E-state index contributed by atoms with van der Waals surface area (Å²) in [5.41, 5.74) is 3.14. The van der Waals surface area contributed by atoms with Crippen LogP contribution in [-0.2, 0) is 0 Å². The molecular weight excluding hydrogens is 400 g/mol. The Morgan fingerprint density at radius 1 is 0.933 bits per heavy atom. The predicted molar refractivity (Wildman–Crippen MR) is 119 cm³/mol. The summed E-state index contributed by atoms with van der Waals surface area (Å²) in [6.45, 7) is 0. The summed E-state index contributed by atoms with van der Waals surface area (Å²) in [6, 6.07) is 13.8. The summed E-state index contributed by atoms with van der Waals surface area (Å²) in [5.74, 6) is 1.47. The van der Waals surface area contributed by atoms with Crippen molar-refractivity contribution in [3.63, 3.8) is 0 Å². The Morgan fingerprint density at radius 2 is 1.63 bits per heavy atom. The molecule has 0 saturated carbocycles. The standard InChI is InChI=1S/C24H19ClN2O3/c25-18-5-10-21(11-6-18)30-22-12-7-19(8-13-22)26-24(29)27-23-3-1-2-16-4-9-20(28)15-17(23)14-16/h1-13,15,28H,14H2,(H2,26,27,29). The number of carbonyl (C=O) groups is 1. The summed E-state index contributed by atoms with van der Waals surface area (Å²) in [7, 11) is 0. The lowest BCUT2D eigenvalue weighted by molar-refractivity contribution is 0.254. The molecule has 2 amide bonds. The van der Waals surface area contributed by atoms with Crippen molar-refractivity contribution >= 4 is 23.3 Å². The van der Waals surface area contributed by atoms with Gasteiger partial charge in [-0.2, -0.15) is 0 Å². The molecule has 0 aliphatic heterocycles. The summed E-state index contributed by atoms with van der Waals surface area (Å²) >= 11 is 5.88. The van der Waals surface area contributed by atoms with Crippen LogP contribution in [0, 0.1) is 0 Å². The van der Waals surface area contributed by atoms with Crippen LogP contribution in [0.15, 0.2) is 108 Å². The van der Waals surface area contributed by atoms with Crippen molar-refractivity contribution in [2.24, 2.45) is 0 Å². The first-order chi connectivity index (χ1) is 14.5. The highest BCUT2D eigenvalue weighted by molar-refractivity contribution is 6.30. The maximum atomic E-state index is 12.5. The Hall–Kier alpha value is -3.70. The fourth-order valence-corrected chi connectivity index (χ4v) is 3.19. The normalized spacial score (nSPS) is 15.0. The van der Waals surface area contributed by atoms with Gasteiger partial charge in [0.2, 0.25) is 0 Å². The van der Waals surface area contributed by atoms with Gasteiger partial charge >= 0.3 is 6.03 Å². The molecular formula is C24H19ClN2O3. The van der Waals surface area contributed by atoms with Gasteiger partial charge in [-0.15, -0.1) is 0 Å². The smallest absolute Gasteiger partial charge is 0.323 e. The van der Waals surface area contributed by atoms with Gasteiger partial charge < -0.3 is 20.5 Å². The third-order valence-electron chi connectivity index (χ3n) is 4.51. The highest BCUT2D eigenvalue weighted by atomic mass is 35.5. The molecule has 0 saturated heterocycles. The first-order valence-corrected chi connectivity index (χ1v) is 9.73. The molecule has 0 heterocycles. The van der Waals surface area contributed by atoms with Crippen LogP contribution in [-0.4, -0.2) is 11.1 Å². The minimum atomic E-state index is -0.373. The van der Waals surface area contributed by atoms with Crippen LogP contribution >= 0.6 is 11.6 Å². The number of fused-ring (bicyclic) bond motifs is 2. The molecule has 0 unspecified atom stereocenters. The Morgan fingerprint density at radius 3 is 2.37 bits per heavy atom. The number of nitrogens with one attached hydrogen (secondary N) is 2. The minimum Gasteiger partial charge on any atom is -0.508 e. The number of rotatable bonds is 4. The lowest BCUT2D eigenvalue weighted by Gasteiger charge is -2.13. The second kappa shape index (κ2) is 8.76. The topological polar surface area (TPSA) is 70.6 Å². The Bertz CT molecular complexity index is 1110. The zero-order valence-corrected chi connectivity index (χ0v) is 16.7. The molecule has 2 bridgehead atoms. The molecule has 0 radical (unpaired) electrons. The van der Waals surface area contributed by atoms with E-state index in [-0.39, 0.29) is 11.8 Å². The zero-order chi connectivity index (χ0) is 20.9. The van der Waals surface area contributed by atoms with Gasteiger partial charge in [0.25, 0.3) is 0 Å². The number of aliphatic hydroxyl groups is 1. The van der Waals surface area contributed by atoms with Gasteiger partial charge in [-0.25, -0.2) is 4.79 Å². The largest absolute Gasteiger partial charge is 0.508 e. The van der Waals surface area contributed by atoms with E-state index in [1.165, 1.54) is 0 Å². The highest BCUT2D eigenvalue weighted by Gasteiger charge is 2.15. The number of benzene rings is 2. The molecule has 0 aromatic heterocycles. The molecule has 2 aliphatic rings. The molecule has 0 atom stereocenters. The molecule has 5 nitrogen and oxygen atoms in total. The molecule has 0 fully saturated rings. The second-order valence-electron chi connectivity index (χ2n) is 6.78. The van der Waals surface area contributed by atoms with Crippen LogP contribution in [0.1, 0.15) is 6.42 Å². The van der Waals surface area contributed by atoms with Crippen LogP contribution in [0.2, 0.25) is 5.02 Å². The maximum Gasteiger partial charge on any atom is 0.323 e. The lowest BCUT2D eigenvalue weighted by atomic mass is 10.1. The third kappa shape index (κ3) is 5.01. The molecule has 30 heavy (non-hydrogen) atoms. The van der Waals surface area contributed by atoms with Crippen LogP contribution in [0.25, 0.3) is 0 Å². The average Bonchev–Trinajstić information content (AvgIpc) is 3.03. The van der Waals surface area contributed by atoms with Crippen LogP contribution in [0.4, 0.5) is 10.5 Å². The van der Waals surface area contributed by atoms with E-state index in [1.807, 2.05) is 24.3 Å².